The molecule has 2 aliphatic carbocycles. The van der Waals surface area contributed by atoms with Crippen LogP contribution >= 0.6 is 0 Å². The molecule has 29 heavy (non-hydrogen) atoms. The standard InChI is InChI=1S/C22H32N4O3/c1-24-22(17-6-3-2-4-7-17)12-10-20(11-13-22)15-25(14-18(23)27)19(28)26(20)16-21(29)8-5-9-21/h2-4,6-7,24,29H,5,8-16H2,1H3,(H2,23,27). The van der Waals surface area contributed by atoms with E-state index in [1.807, 2.05) is 18.0 Å². The van der Waals surface area contributed by atoms with Crippen molar-refractivity contribution in [3.05, 3.63) is 35.9 Å². The van der Waals surface area contributed by atoms with Crippen LogP contribution < -0.4 is 11.1 Å². The average molecular weight is 401 g/mol. The van der Waals surface area contributed by atoms with E-state index < -0.39 is 11.5 Å². The second-order valence-corrected chi connectivity index (χ2v) is 9.19. The van der Waals surface area contributed by atoms with Crippen molar-refractivity contribution in [3.63, 3.8) is 0 Å². The van der Waals surface area contributed by atoms with Crippen molar-refractivity contribution in [2.75, 3.05) is 26.7 Å². The molecule has 158 valence electrons. The number of urea groups is 1. The highest BCUT2D eigenvalue weighted by Gasteiger charge is 2.55. The Balaban J connectivity index is 1.59. The predicted molar refractivity (Wildman–Crippen MR) is 110 cm³/mol. The van der Waals surface area contributed by atoms with Gasteiger partial charge in [0.05, 0.1) is 17.7 Å². The summed E-state index contributed by atoms with van der Waals surface area (Å²) < 4.78 is 0. The second kappa shape index (κ2) is 7.29. The molecule has 0 unspecified atom stereocenters. The Kier molecular flexibility index (Phi) is 5.07. The van der Waals surface area contributed by atoms with Crippen molar-refractivity contribution in [1.29, 1.82) is 0 Å². The van der Waals surface area contributed by atoms with Gasteiger partial charge in [-0.3, -0.25) is 4.79 Å². The van der Waals surface area contributed by atoms with E-state index in [4.69, 9.17) is 5.73 Å². The van der Waals surface area contributed by atoms with Gasteiger partial charge in [0.2, 0.25) is 5.91 Å². The number of nitrogens with one attached hydrogen (secondary N) is 1. The summed E-state index contributed by atoms with van der Waals surface area (Å²) in [6.45, 7) is 0.782. The van der Waals surface area contributed by atoms with Gasteiger partial charge in [0.25, 0.3) is 0 Å². The van der Waals surface area contributed by atoms with Crippen LogP contribution in [0.1, 0.15) is 50.5 Å². The molecule has 1 spiro atoms. The van der Waals surface area contributed by atoms with E-state index >= 15 is 0 Å². The Morgan fingerprint density at radius 2 is 1.79 bits per heavy atom. The number of nitrogens with zero attached hydrogens (tertiary/aromatic N) is 2. The number of hydrogen-bond acceptors (Lipinski definition) is 4. The highest BCUT2D eigenvalue weighted by Crippen LogP contribution is 2.48. The molecule has 0 bridgehead atoms. The van der Waals surface area contributed by atoms with Gasteiger partial charge in [0.1, 0.15) is 6.54 Å². The fraction of sp³-hybridized carbons (Fsp3) is 0.636. The molecule has 1 aromatic carbocycles. The molecule has 0 aromatic heterocycles. The molecule has 3 fully saturated rings. The van der Waals surface area contributed by atoms with Gasteiger partial charge in [0, 0.05) is 12.1 Å². The van der Waals surface area contributed by atoms with E-state index in [0.717, 1.165) is 44.9 Å². The molecular formula is C22H32N4O3. The Morgan fingerprint density at radius 1 is 1.14 bits per heavy atom. The molecule has 7 nitrogen and oxygen atoms in total. The molecule has 7 heteroatoms. The summed E-state index contributed by atoms with van der Waals surface area (Å²) in [5.41, 5.74) is 5.39. The number of rotatable bonds is 6. The molecular weight excluding hydrogens is 368 g/mol. The molecule has 4 N–H and O–H groups in total. The zero-order valence-electron chi connectivity index (χ0n) is 17.2. The first-order valence-corrected chi connectivity index (χ1v) is 10.6. The molecule has 4 rings (SSSR count). The summed E-state index contributed by atoms with van der Waals surface area (Å²) in [5.74, 6) is -0.498. The Bertz CT molecular complexity index is 770. The maximum absolute atomic E-state index is 13.2. The van der Waals surface area contributed by atoms with Gasteiger partial charge in [-0.1, -0.05) is 30.3 Å². The molecule has 3 aliphatic rings. The summed E-state index contributed by atoms with van der Waals surface area (Å²) in [5, 5.41) is 14.3. The minimum atomic E-state index is -0.789. The first-order chi connectivity index (χ1) is 13.8. The number of amides is 3. The molecule has 0 radical (unpaired) electrons. The fourth-order valence-corrected chi connectivity index (χ4v) is 5.48. The van der Waals surface area contributed by atoms with Crippen molar-refractivity contribution in [2.45, 2.75) is 61.6 Å². The first kappa shape index (κ1) is 20.2. The molecule has 1 aromatic rings. The number of β-amino-alcohol motifs (C(OH)–C–C–N with tert-alkyl or cyclic N) is 1. The van der Waals surface area contributed by atoms with E-state index in [0.29, 0.717) is 13.1 Å². The topological polar surface area (TPSA) is 98.9 Å². The van der Waals surface area contributed by atoms with Crippen LogP contribution in [-0.4, -0.2) is 64.7 Å². The van der Waals surface area contributed by atoms with Crippen molar-refractivity contribution < 1.29 is 14.7 Å². The quantitative estimate of drug-likeness (QED) is 0.675. The van der Waals surface area contributed by atoms with Crippen LogP contribution in [0.4, 0.5) is 4.79 Å². The van der Waals surface area contributed by atoms with Crippen LogP contribution in [0.5, 0.6) is 0 Å². The maximum Gasteiger partial charge on any atom is 0.321 e. The number of hydrogen-bond donors (Lipinski definition) is 3. The van der Waals surface area contributed by atoms with Gasteiger partial charge in [0.15, 0.2) is 0 Å². The summed E-state index contributed by atoms with van der Waals surface area (Å²) in [6.07, 6.45) is 5.87. The van der Waals surface area contributed by atoms with Gasteiger partial charge in [-0.15, -0.1) is 0 Å². The van der Waals surface area contributed by atoms with Crippen molar-refractivity contribution in [2.24, 2.45) is 5.73 Å². The zero-order valence-corrected chi connectivity index (χ0v) is 17.2. The lowest BCUT2D eigenvalue weighted by Gasteiger charge is -2.50. The van der Waals surface area contributed by atoms with Crippen LogP contribution in [0, 0.1) is 0 Å². The normalized spacial score (nSPS) is 31.2. The van der Waals surface area contributed by atoms with E-state index in [1.165, 1.54) is 5.56 Å². The number of benzene rings is 1. The van der Waals surface area contributed by atoms with Gasteiger partial charge in [-0.05, 0) is 57.6 Å². The van der Waals surface area contributed by atoms with Crippen molar-refractivity contribution >= 4 is 11.9 Å². The highest BCUT2D eigenvalue weighted by atomic mass is 16.3. The molecule has 1 aliphatic heterocycles. The zero-order chi connectivity index (χ0) is 20.7. The summed E-state index contributed by atoms with van der Waals surface area (Å²) >= 11 is 0. The van der Waals surface area contributed by atoms with E-state index in [9.17, 15) is 14.7 Å². The Labute approximate surface area is 172 Å². The predicted octanol–water partition coefficient (Wildman–Crippen LogP) is 1.55. The highest BCUT2D eigenvalue weighted by molar-refractivity contribution is 5.85. The number of aliphatic hydroxyl groups is 1. The SMILES string of the molecule is CNC1(c2ccccc2)CCC2(CC1)CN(CC(N)=O)C(=O)N2CC1(O)CCC1. The van der Waals surface area contributed by atoms with Crippen LogP contribution in [-0.2, 0) is 10.3 Å². The third-order valence-electron chi connectivity index (χ3n) is 7.48. The fourth-order valence-electron chi connectivity index (χ4n) is 5.48. The number of carbonyl (C=O) groups is 2. The maximum atomic E-state index is 13.2. The molecule has 0 atom stereocenters. The van der Waals surface area contributed by atoms with Crippen LogP contribution in [0.3, 0.4) is 0 Å². The van der Waals surface area contributed by atoms with Crippen molar-refractivity contribution in [1.82, 2.24) is 15.1 Å². The molecule has 1 saturated heterocycles. The number of nitrogens with two attached hydrogens (primary N) is 1. The number of carbonyl (C=O) groups excluding carboxylic acids is 2. The minimum absolute atomic E-state index is 0.0641. The number of primary amides is 1. The molecule has 2 saturated carbocycles. The van der Waals surface area contributed by atoms with Gasteiger partial charge in [-0.2, -0.15) is 0 Å². The lowest BCUT2D eigenvalue weighted by molar-refractivity contribution is -0.118. The van der Waals surface area contributed by atoms with Crippen molar-refractivity contribution in [3.8, 4) is 0 Å². The Morgan fingerprint density at radius 3 is 2.31 bits per heavy atom. The molecule has 1 heterocycles. The lowest BCUT2D eigenvalue weighted by atomic mass is 9.68. The summed E-state index contributed by atoms with van der Waals surface area (Å²) in [6, 6.07) is 10.3. The van der Waals surface area contributed by atoms with Crippen LogP contribution in [0.2, 0.25) is 0 Å². The van der Waals surface area contributed by atoms with Gasteiger partial charge in [-0.25, -0.2) is 4.79 Å². The largest absolute Gasteiger partial charge is 0.388 e. The average Bonchev–Trinajstić information content (AvgIpc) is 2.93. The van der Waals surface area contributed by atoms with E-state index in [-0.39, 0.29) is 23.7 Å². The smallest absolute Gasteiger partial charge is 0.321 e. The van der Waals surface area contributed by atoms with Gasteiger partial charge >= 0.3 is 6.03 Å². The third kappa shape index (κ3) is 3.51. The minimum Gasteiger partial charge on any atom is -0.388 e. The van der Waals surface area contributed by atoms with Crippen LogP contribution in [0.15, 0.2) is 30.3 Å². The van der Waals surface area contributed by atoms with E-state index in [1.54, 1.807) is 4.90 Å². The van der Waals surface area contributed by atoms with Crippen LogP contribution in [0.25, 0.3) is 0 Å². The Hall–Kier alpha value is -2.12. The van der Waals surface area contributed by atoms with E-state index in [2.05, 4.69) is 29.6 Å². The first-order valence-electron chi connectivity index (χ1n) is 10.6. The summed E-state index contributed by atoms with van der Waals surface area (Å²) in [7, 11) is 2.00. The van der Waals surface area contributed by atoms with Gasteiger partial charge < -0.3 is 26.0 Å². The molecule has 3 amide bonds. The monoisotopic (exact) mass is 400 g/mol. The summed E-state index contributed by atoms with van der Waals surface area (Å²) in [4.78, 5) is 28.1. The third-order valence-corrected chi connectivity index (χ3v) is 7.48. The second-order valence-electron chi connectivity index (χ2n) is 9.19. The lowest BCUT2D eigenvalue weighted by Crippen LogP contribution is -2.59.